The van der Waals surface area contributed by atoms with Crippen LogP contribution < -0.4 is 0 Å². The number of carbonyl (C=O) groups excluding carboxylic acids is 1. The maximum atomic E-state index is 12.4. The molecule has 0 radical (unpaired) electrons. The Balaban J connectivity index is 1.73. The van der Waals surface area contributed by atoms with Crippen molar-refractivity contribution in [3.05, 3.63) is 76.6 Å². The van der Waals surface area contributed by atoms with Crippen molar-refractivity contribution in [1.29, 1.82) is 0 Å². The lowest BCUT2D eigenvalue weighted by atomic mass is 10.2. The molecular weight excluding hydrogens is 398 g/mol. The van der Waals surface area contributed by atoms with E-state index >= 15 is 0 Å². The lowest BCUT2D eigenvalue weighted by Crippen LogP contribution is -1.91. The van der Waals surface area contributed by atoms with Crippen LogP contribution in [0.1, 0.15) is 16.1 Å². The van der Waals surface area contributed by atoms with Gasteiger partial charge >= 0.3 is 5.88 Å². The molecule has 0 atom stereocenters. The van der Waals surface area contributed by atoms with Gasteiger partial charge in [0.2, 0.25) is 5.12 Å². The SMILES string of the molecule is CSC1=C(SC(=O)c2ccccc2)S/C(=C\c2ccc([N+](=O)[O-])o2)S1. The van der Waals surface area contributed by atoms with E-state index in [0.717, 1.165) is 12.7 Å². The molecule has 0 unspecified atom stereocenters. The Labute approximate surface area is 160 Å². The average molecular weight is 410 g/mol. The molecule has 1 aliphatic heterocycles. The highest BCUT2D eigenvalue weighted by Crippen LogP contribution is 2.57. The second kappa shape index (κ2) is 8.22. The third-order valence-corrected chi connectivity index (χ3v) is 8.06. The van der Waals surface area contributed by atoms with Gasteiger partial charge in [0.25, 0.3) is 0 Å². The number of nitro groups is 1. The van der Waals surface area contributed by atoms with Crippen LogP contribution >= 0.6 is 47.0 Å². The van der Waals surface area contributed by atoms with Crippen LogP contribution in [0.4, 0.5) is 5.88 Å². The summed E-state index contributed by atoms with van der Waals surface area (Å²) in [5.41, 5.74) is 0.658. The first-order valence-corrected chi connectivity index (χ1v) is 10.6. The van der Waals surface area contributed by atoms with Gasteiger partial charge in [0.1, 0.15) is 10.7 Å². The molecule has 5 nitrogen and oxygen atoms in total. The highest BCUT2D eigenvalue weighted by atomic mass is 32.3. The first-order valence-electron chi connectivity index (χ1n) is 6.94. The molecule has 2 heterocycles. The summed E-state index contributed by atoms with van der Waals surface area (Å²) in [4.78, 5) is 22.5. The summed E-state index contributed by atoms with van der Waals surface area (Å²) in [5, 5.41) is 10.7. The molecule has 0 amide bonds. The Morgan fingerprint density at radius 3 is 2.52 bits per heavy atom. The molecule has 0 fully saturated rings. The number of furan rings is 1. The van der Waals surface area contributed by atoms with Crippen molar-refractivity contribution < 1.29 is 14.1 Å². The Bertz CT molecular complexity index is 873. The van der Waals surface area contributed by atoms with Gasteiger partial charge in [-0.05, 0) is 24.1 Å². The van der Waals surface area contributed by atoms with Crippen LogP contribution in [-0.2, 0) is 0 Å². The van der Waals surface area contributed by atoms with Crippen LogP contribution in [0.2, 0.25) is 0 Å². The van der Waals surface area contributed by atoms with Gasteiger partial charge in [0, 0.05) is 11.6 Å². The predicted octanol–water partition coefficient (Wildman–Crippen LogP) is 6.03. The number of carbonyl (C=O) groups is 1. The standard InChI is InChI=1S/C16H11NO4S4/c1-22-15-16(25-14(18)10-5-3-2-4-6-10)24-13(23-15)9-11-7-8-12(21-11)17(19)20/h2-9H,1H3/b13-9-. The lowest BCUT2D eigenvalue weighted by molar-refractivity contribution is -0.402. The van der Waals surface area contributed by atoms with Crippen LogP contribution in [0.25, 0.3) is 6.08 Å². The molecule has 128 valence electrons. The molecule has 0 spiro atoms. The van der Waals surface area contributed by atoms with E-state index in [4.69, 9.17) is 4.42 Å². The molecular formula is C16H11NO4S4. The van der Waals surface area contributed by atoms with Crippen LogP contribution in [0.3, 0.4) is 0 Å². The maximum absolute atomic E-state index is 12.4. The normalized spacial score (nSPS) is 15.8. The average Bonchev–Trinajstić information content (AvgIpc) is 3.23. The zero-order valence-electron chi connectivity index (χ0n) is 12.8. The number of benzene rings is 1. The highest BCUT2D eigenvalue weighted by molar-refractivity contribution is 8.43. The van der Waals surface area contributed by atoms with Gasteiger partial charge in [-0.1, -0.05) is 53.9 Å². The van der Waals surface area contributed by atoms with Gasteiger partial charge in [-0.3, -0.25) is 14.9 Å². The summed E-state index contributed by atoms with van der Waals surface area (Å²) < 4.78 is 8.02. The third-order valence-electron chi connectivity index (χ3n) is 2.99. The molecule has 0 aliphatic carbocycles. The largest absolute Gasteiger partial charge is 0.433 e. The van der Waals surface area contributed by atoms with E-state index in [1.54, 1.807) is 36.0 Å². The summed E-state index contributed by atoms with van der Waals surface area (Å²) >= 11 is 5.78. The van der Waals surface area contributed by atoms with Gasteiger partial charge in [-0.25, -0.2) is 0 Å². The van der Waals surface area contributed by atoms with E-state index in [1.165, 1.54) is 41.4 Å². The maximum Gasteiger partial charge on any atom is 0.433 e. The summed E-state index contributed by atoms with van der Waals surface area (Å²) in [7, 11) is 0. The molecule has 0 saturated heterocycles. The smallest absolute Gasteiger partial charge is 0.401 e. The first kappa shape index (κ1) is 18.2. The van der Waals surface area contributed by atoms with Crippen LogP contribution in [-0.4, -0.2) is 16.3 Å². The fourth-order valence-electron chi connectivity index (χ4n) is 1.88. The van der Waals surface area contributed by atoms with E-state index in [2.05, 4.69) is 0 Å². The Kier molecular flexibility index (Phi) is 6.00. The van der Waals surface area contributed by atoms with E-state index in [-0.39, 0.29) is 11.0 Å². The molecule has 3 rings (SSSR count). The molecule has 0 N–H and O–H groups in total. The van der Waals surface area contributed by atoms with Gasteiger partial charge in [0.05, 0.1) is 18.8 Å². The van der Waals surface area contributed by atoms with E-state index in [0.29, 0.717) is 11.3 Å². The molecule has 1 aromatic carbocycles. The zero-order valence-corrected chi connectivity index (χ0v) is 16.1. The van der Waals surface area contributed by atoms with Gasteiger partial charge < -0.3 is 4.42 Å². The van der Waals surface area contributed by atoms with E-state index in [9.17, 15) is 14.9 Å². The third kappa shape index (κ3) is 4.55. The van der Waals surface area contributed by atoms with Crippen molar-refractivity contribution in [3.63, 3.8) is 0 Å². The number of hydrogen-bond acceptors (Lipinski definition) is 8. The van der Waals surface area contributed by atoms with Gasteiger partial charge in [0.15, 0.2) is 0 Å². The molecule has 25 heavy (non-hydrogen) atoms. The molecule has 1 aliphatic rings. The molecule has 0 saturated carbocycles. The molecule has 0 bridgehead atoms. The number of hydrogen-bond donors (Lipinski definition) is 0. The lowest BCUT2D eigenvalue weighted by Gasteiger charge is -2.02. The summed E-state index contributed by atoms with van der Waals surface area (Å²) in [6.07, 6.45) is 3.70. The van der Waals surface area contributed by atoms with Crippen molar-refractivity contribution in [3.8, 4) is 0 Å². The fraction of sp³-hybridized carbons (Fsp3) is 0.0625. The van der Waals surface area contributed by atoms with Crippen molar-refractivity contribution in [1.82, 2.24) is 0 Å². The minimum absolute atomic E-state index is 0.00913. The summed E-state index contributed by atoms with van der Waals surface area (Å²) in [6.45, 7) is 0. The Morgan fingerprint density at radius 2 is 1.88 bits per heavy atom. The number of thioether (sulfide) groups is 4. The van der Waals surface area contributed by atoms with Crippen LogP contribution in [0.5, 0.6) is 0 Å². The summed E-state index contributed by atoms with van der Waals surface area (Å²) in [6, 6.07) is 12.0. The predicted molar refractivity (Wildman–Crippen MR) is 107 cm³/mol. The minimum atomic E-state index is -0.567. The van der Waals surface area contributed by atoms with Crippen molar-refractivity contribution in [2.75, 3.05) is 6.26 Å². The zero-order chi connectivity index (χ0) is 17.8. The van der Waals surface area contributed by atoms with Crippen molar-refractivity contribution in [2.24, 2.45) is 0 Å². The second-order valence-corrected chi connectivity index (χ2v) is 9.31. The minimum Gasteiger partial charge on any atom is -0.401 e. The topological polar surface area (TPSA) is 73.3 Å². The molecule has 1 aromatic heterocycles. The Morgan fingerprint density at radius 1 is 1.16 bits per heavy atom. The Hall–Kier alpha value is -1.55. The molecule has 9 heteroatoms. The van der Waals surface area contributed by atoms with Crippen LogP contribution in [0.15, 0.2) is 59.6 Å². The first-order chi connectivity index (χ1) is 12.1. The summed E-state index contributed by atoms with van der Waals surface area (Å²) in [5.74, 6) is 0.134. The number of rotatable bonds is 5. The van der Waals surface area contributed by atoms with Gasteiger partial charge in [-0.15, -0.1) is 11.8 Å². The van der Waals surface area contributed by atoms with Crippen LogP contribution in [0, 0.1) is 10.1 Å². The number of nitrogens with zero attached hydrogens (tertiary/aromatic N) is 1. The second-order valence-electron chi connectivity index (χ2n) is 4.64. The fourth-order valence-corrected chi connectivity index (χ4v) is 6.94. The highest BCUT2D eigenvalue weighted by Gasteiger charge is 2.24. The quantitative estimate of drug-likeness (QED) is 0.438. The molecule has 2 aromatic rings. The monoisotopic (exact) mass is 409 g/mol. The van der Waals surface area contributed by atoms with Crippen molar-refractivity contribution in [2.45, 2.75) is 0 Å². The van der Waals surface area contributed by atoms with E-state index < -0.39 is 4.92 Å². The van der Waals surface area contributed by atoms with Crippen molar-refractivity contribution >= 4 is 64.1 Å². The van der Waals surface area contributed by atoms with Gasteiger partial charge in [-0.2, -0.15) is 0 Å². The van der Waals surface area contributed by atoms with E-state index in [1.807, 2.05) is 24.5 Å².